The van der Waals surface area contributed by atoms with Crippen molar-refractivity contribution >= 4 is 12.0 Å². The van der Waals surface area contributed by atoms with Crippen LogP contribution >= 0.6 is 0 Å². The molecule has 1 saturated heterocycles. The minimum absolute atomic E-state index is 0.336. The third-order valence-corrected chi connectivity index (χ3v) is 2.67. The van der Waals surface area contributed by atoms with Crippen molar-refractivity contribution < 1.29 is 13.6 Å². The summed E-state index contributed by atoms with van der Waals surface area (Å²) in [6.07, 6.45) is -1.50. The summed E-state index contributed by atoms with van der Waals surface area (Å²) in [4.78, 5) is 12.5. The number of para-hydroxylation sites is 1. The van der Waals surface area contributed by atoms with Crippen LogP contribution in [0.2, 0.25) is 0 Å². The molecule has 0 N–H and O–H groups in total. The summed E-state index contributed by atoms with van der Waals surface area (Å²) in [7, 11) is 0. The lowest BCUT2D eigenvalue weighted by atomic mass is 9.98. The van der Waals surface area contributed by atoms with Crippen LogP contribution < -0.4 is 4.90 Å². The monoisotopic (exact) mass is 211 g/mol. The molecule has 0 aromatic heterocycles. The summed E-state index contributed by atoms with van der Waals surface area (Å²) in [6.45, 7) is 0.672. The fraction of sp³-hybridized carbons (Fsp3) is 0.364. The standard InChI is InChI=1S/C11H11F2NO/c12-11(13)9-5-14(6-9)10-4-2-1-3-8(10)7-15/h1-4,7,9,11H,5-6H2. The van der Waals surface area contributed by atoms with Crippen molar-refractivity contribution in [1.82, 2.24) is 0 Å². The first-order valence-corrected chi connectivity index (χ1v) is 4.79. The number of halogens is 2. The maximum atomic E-state index is 12.3. The van der Waals surface area contributed by atoms with Gasteiger partial charge in [-0.15, -0.1) is 0 Å². The van der Waals surface area contributed by atoms with Crippen LogP contribution in [0.25, 0.3) is 0 Å². The number of nitrogens with zero attached hydrogens (tertiary/aromatic N) is 1. The summed E-state index contributed by atoms with van der Waals surface area (Å²) in [5.41, 5.74) is 1.31. The molecule has 4 heteroatoms. The van der Waals surface area contributed by atoms with E-state index in [0.29, 0.717) is 18.7 Å². The minimum atomic E-state index is -2.26. The van der Waals surface area contributed by atoms with Gasteiger partial charge in [0.25, 0.3) is 0 Å². The largest absolute Gasteiger partial charge is 0.370 e. The number of hydrogen-bond donors (Lipinski definition) is 0. The molecule has 2 nitrogen and oxygen atoms in total. The highest BCUT2D eigenvalue weighted by atomic mass is 19.3. The Labute approximate surface area is 86.5 Å². The Bertz CT molecular complexity index is 361. The van der Waals surface area contributed by atoms with E-state index in [0.717, 1.165) is 12.0 Å². The minimum Gasteiger partial charge on any atom is -0.370 e. The zero-order valence-corrected chi connectivity index (χ0v) is 8.07. The Morgan fingerprint density at radius 3 is 2.60 bits per heavy atom. The fourth-order valence-electron chi connectivity index (χ4n) is 1.74. The van der Waals surface area contributed by atoms with Gasteiger partial charge in [-0.25, -0.2) is 8.78 Å². The van der Waals surface area contributed by atoms with Crippen molar-refractivity contribution in [3.05, 3.63) is 29.8 Å². The van der Waals surface area contributed by atoms with Crippen molar-refractivity contribution in [3.63, 3.8) is 0 Å². The summed E-state index contributed by atoms with van der Waals surface area (Å²) < 4.78 is 24.5. The van der Waals surface area contributed by atoms with Gasteiger partial charge in [-0.1, -0.05) is 12.1 Å². The quantitative estimate of drug-likeness (QED) is 0.714. The van der Waals surface area contributed by atoms with Crippen LogP contribution in [0, 0.1) is 5.92 Å². The van der Waals surface area contributed by atoms with E-state index < -0.39 is 12.3 Å². The number of rotatable bonds is 3. The molecule has 1 aliphatic rings. The van der Waals surface area contributed by atoms with E-state index >= 15 is 0 Å². The Kier molecular flexibility index (Phi) is 2.66. The van der Waals surface area contributed by atoms with Gasteiger partial charge in [0.05, 0.1) is 5.92 Å². The highest BCUT2D eigenvalue weighted by Gasteiger charge is 2.34. The van der Waals surface area contributed by atoms with Crippen molar-refractivity contribution in [2.45, 2.75) is 6.43 Å². The van der Waals surface area contributed by atoms with Gasteiger partial charge in [-0.05, 0) is 12.1 Å². The van der Waals surface area contributed by atoms with Gasteiger partial charge in [0, 0.05) is 24.3 Å². The molecule has 0 saturated carbocycles. The lowest BCUT2D eigenvalue weighted by Crippen LogP contribution is -2.50. The van der Waals surface area contributed by atoms with E-state index in [9.17, 15) is 13.6 Å². The van der Waals surface area contributed by atoms with E-state index in [-0.39, 0.29) is 0 Å². The molecule has 0 spiro atoms. The normalized spacial score (nSPS) is 16.6. The zero-order chi connectivity index (χ0) is 10.8. The molecule has 1 heterocycles. The van der Waals surface area contributed by atoms with Crippen LogP contribution in [0.1, 0.15) is 10.4 Å². The molecule has 2 rings (SSSR count). The number of carbonyl (C=O) groups excluding carboxylic acids is 1. The predicted octanol–water partition coefficient (Wildman–Crippen LogP) is 2.20. The van der Waals surface area contributed by atoms with Crippen molar-refractivity contribution in [3.8, 4) is 0 Å². The summed E-state index contributed by atoms with van der Waals surface area (Å²) in [5.74, 6) is -0.551. The van der Waals surface area contributed by atoms with Crippen LogP contribution in [0.5, 0.6) is 0 Å². The highest BCUT2D eigenvalue weighted by Crippen LogP contribution is 2.29. The summed E-state index contributed by atoms with van der Waals surface area (Å²) >= 11 is 0. The van der Waals surface area contributed by atoms with Crippen molar-refractivity contribution in [1.29, 1.82) is 0 Å². The molecule has 0 unspecified atom stereocenters. The van der Waals surface area contributed by atoms with E-state index in [1.54, 1.807) is 29.2 Å². The third kappa shape index (κ3) is 1.84. The SMILES string of the molecule is O=Cc1ccccc1N1CC(C(F)F)C1. The van der Waals surface area contributed by atoms with Crippen LogP contribution in [0.15, 0.2) is 24.3 Å². The van der Waals surface area contributed by atoms with Gasteiger partial charge >= 0.3 is 0 Å². The van der Waals surface area contributed by atoms with Gasteiger partial charge in [0.1, 0.15) is 0 Å². The van der Waals surface area contributed by atoms with Gasteiger partial charge in [0.15, 0.2) is 6.29 Å². The lowest BCUT2D eigenvalue weighted by molar-refractivity contribution is 0.0614. The first kappa shape index (κ1) is 10.1. The van der Waals surface area contributed by atoms with Crippen LogP contribution in [0.4, 0.5) is 14.5 Å². The average molecular weight is 211 g/mol. The van der Waals surface area contributed by atoms with Gasteiger partial charge in [-0.3, -0.25) is 4.79 Å². The topological polar surface area (TPSA) is 20.3 Å². The van der Waals surface area contributed by atoms with Gasteiger partial charge in [-0.2, -0.15) is 0 Å². The number of aldehydes is 1. The van der Waals surface area contributed by atoms with Gasteiger partial charge in [0.2, 0.25) is 6.43 Å². The molecule has 0 bridgehead atoms. The summed E-state index contributed by atoms with van der Waals surface area (Å²) in [6, 6.07) is 7.04. The first-order chi connectivity index (χ1) is 7.22. The molecular weight excluding hydrogens is 200 g/mol. The average Bonchev–Trinajstić information content (AvgIpc) is 2.15. The van der Waals surface area contributed by atoms with E-state index in [4.69, 9.17) is 0 Å². The second kappa shape index (κ2) is 3.96. The molecule has 0 aliphatic carbocycles. The van der Waals surface area contributed by atoms with E-state index in [2.05, 4.69) is 0 Å². The van der Waals surface area contributed by atoms with E-state index in [1.807, 2.05) is 0 Å². The third-order valence-electron chi connectivity index (χ3n) is 2.67. The van der Waals surface area contributed by atoms with Crippen molar-refractivity contribution in [2.75, 3.05) is 18.0 Å². The molecule has 1 aromatic rings. The molecule has 0 atom stereocenters. The second-order valence-corrected chi connectivity index (χ2v) is 3.68. The predicted molar refractivity (Wildman–Crippen MR) is 53.5 cm³/mol. The summed E-state index contributed by atoms with van der Waals surface area (Å²) in [5, 5.41) is 0. The smallest absolute Gasteiger partial charge is 0.244 e. The van der Waals surface area contributed by atoms with Gasteiger partial charge < -0.3 is 4.90 Å². The number of anilines is 1. The molecule has 0 radical (unpaired) electrons. The zero-order valence-electron chi connectivity index (χ0n) is 8.07. The number of hydrogen-bond acceptors (Lipinski definition) is 2. The Morgan fingerprint density at radius 1 is 1.33 bits per heavy atom. The molecule has 1 fully saturated rings. The molecule has 15 heavy (non-hydrogen) atoms. The molecule has 1 aromatic carbocycles. The van der Waals surface area contributed by atoms with Crippen LogP contribution in [-0.4, -0.2) is 25.8 Å². The van der Waals surface area contributed by atoms with Crippen LogP contribution in [0.3, 0.4) is 0 Å². The Balaban J connectivity index is 2.09. The molecule has 1 aliphatic heterocycles. The number of alkyl halides is 2. The highest BCUT2D eigenvalue weighted by molar-refractivity contribution is 5.84. The number of carbonyl (C=O) groups is 1. The fourth-order valence-corrected chi connectivity index (χ4v) is 1.74. The maximum Gasteiger partial charge on any atom is 0.244 e. The number of benzene rings is 1. The van der Waals surface area contributed by atoms with Crippen molar-refractivity contribution in [2.24, 2.45) is 5.92 Å². The Morgan fingerprint density at radius 2 is 2.00 bits per heavy atom. The maximum absolute atomic E-state index is 12.3. The first-order valence-electron chi connectivity index (χ1n) is 4.79. The molecule has 80 valence electrons. The molecular formula is C11H11F2NO. The Hall–Kier alpha value is -1.45. The molecule has 0 amide bonds. The second-order valence-electron chi connectivity index (χ2n) is 3.68. The van der Waals surface area contributed by atoms with Crippen LogP contribution in [-0.2, 0) is 0 Å². The van der Waals surface area contributed by atoms with E-state index in [1.165, 1.54) is 0 Å². The lowest BCUT2D eigenvalue weighted by Gasteiger charge is -2.41.